The van der Waals surface area contributed by atoms with Crippen LogP contribution in [0.3, 0.4) is 0 Å². The van der Waals surface area contributed by atoms with Crippen LogP contribution in [0.1, 0.15) is 25.8 Å². The summed E-state index contributed by atoms with van der Waals surface area (Å²) < 4.78 is 0. The zero-order valence-electron chi connectivity index (χ0n) is 11.4. The van der Waals surface area contributed by atoms with E-state index < -0.39 is 0 Å². The number of phenolic OH excluding ortho intramolecular Hbond substituents is 1. The molecule has 0 aliphatic carbocycles. The smallest absolute Gasteiger partial charge is 0.115 e. The SMILES string of the molecule is CCC(C)C1CNCCN1Cc1cccc(O)c1. The maximum Gasteiger partial charge on any atom is 0.115 e. The molecular formula is C15H24N2O. The summed E-state index contributed by atoms with van der Waals surface area (Å²) in [4.78, 5) is 2.54. The summed E-state index contributed by atoms with van der Waals surface area (Å²) in [5, 5.41) is 13.0. The average molecular weight is 248 g/mol. The monoisotopic (exact) mass is 248 g/mol. The Morgan fingerprint density at radius 1 is 1.50 bits per heavy atom. The summed E-state index contributed by atoms with van der Waals surface area (Å²) >= 11 is 0. The van der Waals surface area contributed by atoms with Gasteiger partial charge in [0.05, 0.1) is 0 Å². The molecule has 3 heteroatoms. The van der Waals surface area contributed by atoms with Gasteiger partial charge in [-0.05, 0) is 23.6 Å². The Kier molecular flexibility index (Phi) is 4.61. The third-order valence-electron chi connectivity index (χ3n) is 4.00. The molecule has 18 heavy (non-hydrogen) atoms. The molecule has 0 bridgehead atoms. The molecule has 0 radical (unpaired) electrons. The van der Waals surface area contributed by atoms with Crippen LogP contribution >= 0.6 is 0 Å². The second-order valence-corrected chi connectivity index (χ2v) is 5.30. The summed E-state index contributed by atoms with van der Waals surface area (Å²) in [6.07, 6.45) is 1.21. The highest BCUT2D eigenvalue weighted by Crippen LogP contribution is 2.20. The first-order chi connectivity index (χ1) is 8.70. The van der Waals surface area contributed by atoms with Crippen molar-refractivity contribution in [2.24, 2.45) is 5.92 Å². The normalized spacial score (nSPS) is 22.9. The zero-order valence-corrected chi connectivity index (χ0v) is 11.4. The lowest BCUT2D eigenvalue weighted by Crippen LogP contribution is -2.53. The minimum atomic E-state index is 0.364. The maximum absolute atomic E-state index is 9.53. The lowest BCUT2D eigenvalue weighted by atomic mass is 9.95. The second-order valence-electron chi connectivity index (χ2n) is 5.30. The molecule has 0 spiro atoms. The van der Waals surface area contributed by atoms with Gasteiger partial charge < -0.3 is 10.4 Å². The van der Waals surface area contributed by atoms with Crippen molar-refractivity contribution in [2.45, 2.75) is 32.9 Å². The maximum atomic E-state index is 9.53. The Labute approximate surface area is 110 Å². The van der Waals surface area contributed by atoms with E-state index in [1.165, 1.54) is 12.0 Å². The fraction of sp³-hybridized carbons (Fsp3) is 0.600. The first kappa shape index (κ1) is 13.4. The van der Waals surface area contributed by atoms with Crippen molar-refractivity contribution >= 4 is 0 Å². The van der Waals surface area contributed by atoms with Gasteiger partial charge in [-0.25, -0.2) is 0 Å². The molecule has 1 heterocycles. The van der Waals surface area contributed by atoms with Crippen LogP contribution in [0.5, 0.6) is 5.75 Å². The molecule has 1 fully saturated rings. The van der Waals surface area contributed by atoms with Gasteiger partial charge in [0.2, 0.25) is 0 Å². The Bertz CT molecular complexity index is 381. The molecule has 1 saturated heterocycles. The zero-order chi connectivity index (χ0) is 13.0. The predicted molar refractivity (Wildman–Crippen MR) is 74.6 cm³/mol. The number of piperazine rings is 1. The fourth-order valence-corrected chi connectivity index (χ4v) is 2.69. The number of hydrogen-bond acceptors (Lipinski definition) is 3. The van der Waals surface area contributed by atoms with Crippen LogP contribution in [0.2, 0.25) is 0 Å². The van der Waals surface area contributed by atoms with Crippen LogP contribution in [-0.4, -0.2) is 35.7 Å². The summed E-state index contributed by atoms with van der Waals surface area (Å²) in [6, 6.07) is 8.22. The van der Waals surface area contributed by atoms with Crippen molar-refractivity contribution in [3.63, 3.8) is 0 Å². The molecule has 1 aromatic carbocycles. The van der Waals surface area contributed by atoms with E-state index in [0.29, 0.717) is 17.7 Å². The molecule has 3 nitrogen and oxygen atoms in total. The quantitative estimate of drug-likeness (QED) is 0.857. The number of aromatic hydroxyl groups is 1. The molecule has 1 aromatic rings. The molecule has 1 aliphatic rings. The minimum absolute atomic E-state index is 0.364. The van der Waals surface area contributed by atoms with E-state index in [0.717, 1.165) is 26.2 Å². The lowest BCUT2D eigenvalue weighted by Gasteiger charge is -2.39. The summed E-state index contributed by atoms with van der Waals surface area (Å²) in [5.74, 6) is 1.07. The number of hydrogen-bond donors (Lipinski definition) is 2. The molecule has 1 aliphatic heterocycles. The number of phenols is 1. The standard InChI is InChI=1S/C15H24N2O/c1-3-12(2)15-10-16-7-8-17(15)11-13-5-4-6-14(18)9-13/h4-6,9,12,15-16,18H,3,7-8,10-11H2,1-2H3. The van der Waals surface area contributed by atoms with Gasteiger partial charge in [-0.15, -0.1) is 0 Å². The van der Waals surface area contributed by atoms with E-state index in [9.17, 15) is 5.11 Å². The van der Waals surface area contributed by atoms with Crippen LogP contribution in [-0.2, 0) is 6.54 Å². The first-order valence-corrected chi connectivity index (χ1v) is 6.93. The van der Waals surface area contributed by atoms with Crippen LogP contribution in [0, 0.1) is 5.92 Å². The van der Waals surface area contributed by atoms with Gasteiger partial charge in [-0.1, -0.05) is 32.4 Å². The average Bonchev–Trinajstić information content (AvgIpc) is 2.38. The Balaban J connectivity index is 2.05. The van der Waals surface area contributed by atoms with Crippen LogP contribution in [0.25, 0.3) is 0 Å². The summed E-state index contributed by atoms with van der Waals surface area (Å²) in [7, 11) is 0. The third kappa shape index (κ3) is 3.24. The Morgan fingerprint density at radius 3 is 3.06 bits per heavy atom. The van der Waals surface area contributed by atoms with Gasteiger partial charge in [0.1, 0.15) is 5.75 Å². The van der Waals surface area contributed by atoms with Gasteiger partial charge in [0.15, 0.2) is 0 Å². The van der Waals surface area contributed by atoms with Crippen molar-refractivity contribution < 1.29 is 5.11 Å². The van der Waals surface area contributed by atoms with Crippen molar-refractivity contribution in [1.29, 1.82) is 0 Å². The topological polar surface area (TPSA) is 35.5 Å². The molecule has 2 unspecified atom stereocenters. The highest BCUT2D eigenvalue weighted by Gasteiger charge is 2.26. The van der Waals surface area contributed by atoms with E-state index in [2.05, 4.69) is 30.1 Å². The molecule has 2 rings (SSSR count). The summed E-state index contributed by atoms with van der Waals surface area (Å²) in [6.45, 7) is 8.74. The van der Waals surface area contributed by atoms with Crippen LogP contribution in [0.4, 0.5) is 0 Å². The number of nitrogens with zero attached hydrogens (tertiary/aromatic N) is 1. The number of nitrogens with one attached hydrogen (secondary N) is 1. The second kappa shape index (κ2) is 6.21. The van der Waals surface area contributed by atoms with E-state index in [1.54, 1.807) is 6.07 Å². The Hall–Kier alpha value is -1.06. The highest BCUT2D eigenvalue weighted by atomic mass is 16.3. The number of rotatable bonds is 4. The lowest BCUT2D eigenvalue weighted by molar-refractivity contribution is 0.109. The van der Waals surface area contributed by atoms with E-state index in [-0.39, 0.29) is 0 Å². The van der Waals surface area contributed by atoms with E-state index in [4.69, 9.17) is 0 Å². The minimum Gasteiger partial charge on any atom is -0.508 e. The van der Waals surface area contributed by atoms with Crippen molar-refractivity contribution in [3.05, 3.63) is 29.8 Å². The molecular weight excluding hydrogens is 224 g/mol. The van der Waals surface area contributed by atoms with Crippen LogP contribution in [0.15, 0.2) is 24.3 Å². The highest BCUT2D eigenvalue weighted by molar-refractivity contribution is 5.27. The predicted octanol–water partition coefficient (Wildman–Crippen LogP) is 2.21. The van der Waals surface area contributed by atoms with Gasteiger partial charge in [-0.2, -0.15) is 0 Å². The van der Waals surface area contributed by atoms with E-state index >= 15 is 0 Å². The van der Waals surface area contributed by atoms with Gasteiger partial charge in [0.25, 0.3) is 0 Å². The van der Waals surface area contributed by atoms with Crippen molar-refractivity contribution in [2.75, 3.05) is 19.6 Å². The van der Waals surface area contributed by atoms with Gasteiger partial charge in [-0.3, -0.25) is 4.90 Å². The molecule has 0 saturated carbocycles. The molecule has 2 N–H and O–H groups in total. The first-order valence-electron chi connectivity index (χ1n) is 6.93. The third-order valence-corrected chi connectivity index (χ3v) is 4.00. The van der Waals surface area contributed by atoms with Crippen LogP contribution < -0.4 is 5.32 Å². The van der Waals surface area contributed by atoms with Crippen molar-refractivity contribution in [1.82, 2.24) is 10.2 Å². The van der Waals surface area contributed by atoms with Gasteiger partial charge in [0, 0.05) is 32.2 Å². The van der Waals surface area contributed by atoms with Gasteiger partial charge >= 0.3 is 0 Å². The van der Waals surface area contributed by atoms with Crippen molar-refractivity contribution in [3.8, 4) is 5.75 Å². The molecule has 100 valence electrons. The largest absolute Gasteiger partial charge is 0.508 e. The summed E-state index contributed by atoms with van der Waals surface area (Å²) in [5.41, 5.74) is 1.20. The molecule has 0 amide bonds. The molecule has 2 atom stereocenters. The number of benzene rings is 1. The molecule has 0 aromatic heterocycles. The fourth-order valence-electron chi connectivity index (χ4n) is 2.69. The Morgan fingerprint density at radius 2 is 2.33 bits per heavy atom. The van der Waals surface area contributed by atoms with E-state index in [1.807, 2.05) is 12.1 Å².